The number of alkyl halides is 3. The third-order valence-electron chi connectivity index (χ3n) is 2.20. The molecule has 0 aliphatic rings. The molecule has 0 spiro atoms. The van der Waals surface area contributed by atoms with Crippen molar-refractivity contribution in [1.82, 2.24) is 0 Å². The van der Waals surface area contributed by atoms with Gasteiger partial charge >= 0.3 is 6.18 Å². The fourth-order valence-electron chi connectivity index (χ4n) is 1.43. The van der Waals surface area contributed by atoms with Gasteiger partial charge in [0, 0.05) is 5.02 Å². The van der Waals surface area contributed by atoms with Gasteiger partial charge in [-0.05, 0) is 49.6 Å². The lowest BCUT2D eigenvalue weighted by Gasteiger charge is -2.09. The molecule has 90 valence electrons. The van der Waals surface area contributed by atoms with Gasteiger partial charge in [0.2, 0.25) is 0 Å². The van der Waals surface area contributed by atoms with Crippen LogP contribution in [0.15, 0.2) is 18.2 Å². The lowest BCUT2D eigenvalue weighted by atomic mass is 10.0. The first-order valence-corrected chi connectivity index (χ1v) is 5.38. The van der Waals surface area contributed by atoms with E-state index in [9.17, 15) is 13.2 Å². The first-order valence-electron chi connectivity index (χ1n) is 5.00. The smallest absolute Gasteiger partial charge is 0.330 e. The van der Waals surface area contributed by atoms with Gasteiger partial charge in [-0.1, -0.05) is 11.6 Å². The molecule has 0 bridgehead atoms. The zero-order valence-electron chi connectivity index (χ0n) is 8.65. The SMILES string of the molecule is NCCCCc1cc(Cl)cc(C(F)(F)F)c1. The maximum absolute atomic E-state index is 12.5. The minimum Gasteiger partial charge on any atom is -0.330 e. The molecule has 0 saturated heterocycles. The van der Waals surface area contributed by atoms with Crippen molar-refractivity contribution in [2.24, 2.45) is 5.73 Å². The molecule has 0 fully saturated rings. The number of unbranched alkanes of at least 4 members (excludes halogenated alkanes) is 1. The molecule has 0 amide bonds. The van der Waals surface area contributed by atoms with E-state index in [1.165, 1.54) is 0 Å². The molecule has 1 aromatic rings. The second-order valence-corrected chi connectivity index (χ2v) is 4.03. The number of benzene rings is 1. The predicted molar refractivity (Wildman–Crippen MR) is 58.4 cm³/mol. The molecule has 0 atom stereocenters. The molecule has 0 aromatic heterocycles. The summed E-state index contributed by atoms with van der Waals surface area (Å²) in [4.78, 5) is 0. The predicted octanol–water partition coefficient (Wildman–Crippen LogP) is 3.64. The first-order chi connectivity index (χ1) is 7.43. The van der Waals surface area contributed by atoms with Crippen LogP contribution in [-0.2, 0) is 12.6 Å². The molecule has 0 radical (unpaired) electrons. The van der Waals surface area contributed by atoms with Crippen LogP contribution in [0.2, 0.25) is 5.02 Å². The van der Waals surface area contributed by atoms with Gasteiger partial charge in [0.25, 0.3) is 0 Å². The largest absolute Gasteiger partial charge is 0.416 e. The Morgan fingerprint density at radius 2 is 1.81 bits per heavy atom. The van der Waals surface area contributed by atoms with Gasteiger partial charge < -0.3 is 5.73 Å². The van der Waals surface area contributed by atoms with Crippen LogP contribution < -0.4 is 5.73 Å². The number of halogens is 4. The Morgan fingerprint density at radius 1 is 1.12 bits per heavy atom. The quantitative estimate of drug-likeness (QED) is 0.813. The third-order valence-corrected chi connectivity index (χ3v) is 2.42. The zero-order chi connectivity index (χ0) is 12.2. The minimum atomic E-state index is -4.34. The highest BCUT2D eigenvalue weighted by Gasteiger charge is 2.30. The standard InChI is InChI=1S/C11H13ClF3N/c12-10-6-8(3-1-2-4-16)5-9(7-10)11(13,14)15/h5-7H,1-4,16H2. The number of nitrogens with two attached hydrogens (primary N) is 1. The Bertz CT molecular complexity index is 350. The molecule has 0 aliphatic carbocycles. The molecule has 0 saturated carbocycles. The van der Waals surface area contributed by atoms with Crippen molar-refractivity contribution in [2.75, 3.05) is 6.54 Å². The van der Waals surface area contributed by atoms with E-state index in [1.807, 2.05) is 0 Å². The number of rotatable bonds is 4. The summed E-state index contributed by atoms with van der Waals surface area (Å²) in [5.74, 6) is 0. The summed E-state index contributed by atoms with van der Waals surface area (Å²) in [6.45, 7) is 0.548. The van der Waals surface area contributed by atoms with E-state index in [1.54, 1.807) is 6.07 Å². The van der Waals surface area contributed by atoms with E-state index in [-0.39, 0.29) is 5.02 Å². The van der Waals surface area contributed by atoms with Crippen molar-refractivity contribution in [3.8, 4) is 0 Å². The summed E-state index contributed by atoms with van der Waals surface area (Å²) in [5.41, 5.74) is 5.23. The van der Waals surface area contributed by atoms with Crippen LogP contribution in [-0.4, -0.2) is 6.54 Å². The van der Waals surface area contributed by atoms with Crippen LogP contribution in [0, 0.1) is 0 Å². The molecule has 0 aliphatic heterocycles. The van der Waals surface area contributed by atoms with E-state index in [4.69, 9.17) is 17.3 Å². The summed E-state index contributed by atoms with van der Waals surface area (Å²) in [5, 5.41) is 0.123. The minimum absolute atomic E-state index is 0.123. The monoisotopic (exact) mass is 251 g/mol. The fraction of sp³-hybridized carbons (Fsp3) is 0.455. The molecule has 5 heteroatoms. The summed E-state index contributed by atoms with van der Waals surface area (Å²) in [6, 6.07) is 3.64. The Balaban J connectivity index is 2.82. The second kappa shape index (κ2) is 5.55. The van der Waals surface area contributed by atoms with E-state index in [0.717, 1.165) is 25.0 Å². The van der Waals surface area contributed by atoms with E-state index in [2.05, 4.69) is 0 Å². The Labute approximate surface area is 97.4 Å². The lowest BCUT2D eigenvalue weighted by molar-refractivity contribution is -0.137. The van der Waals surface area contributed by atoms with E-state index in [0.29, 0.717) is 18.5 Å². The third kappa shape index (κ3) is 4.02. The van der Waals surface area contributed by atoms with Crippen LogP contribution in [0.4, 0.5) is 13.2 Å². The van der Waals surface area contributed by atoms with E-state index >= 15 is 0 Å². The molecular weight excluding hydrogens is 239 g/mol. The van der Waals surface area contributed by atoms with Crippen molar-refractivity contribution >= 4 is 11.6 Å². The van der Waals surface area contributed by atoms with Gasteiger partial charge in [0.1, 0.15) is 0 Å². The Morgan fingerprint density at radius 3 is 2.38 bits per heavy atom. The summed E-state index contributed by atoms with van der Waals surface area (Å²) >= 11 is 5.64. The molecular formula is C11H13ClF3N. The first kappa shape index (κ1) is 13.3. The number of hydrogen-bond acceptors (Lipinski definition) is 1. The van der Waals surface area contributed by atoms with Crippen LogP contribution in [0.3, 0.4) is 0 Å². The lowest BCUT2D eigenvalue weighted by Crippen LogP contribution is -2.06. The normalized spacial score (nSPS) is 11.8. The van der Waals surface area contributed by atoms with Gasteiger partial charge in [0.15, 0.2) is 0 Å². The highest BCUT2D eigenvalue weighted by atomic mass is 35.5. The topological polar surface area (TPSA) is 26.0 Å². The molecule has 0 unspecified atom stereocenters. The van der Waals surface area contributed by atoms with Crippen LogP contribution in [0.1, 0.15) is 24.0 Å². The molecule has 16 heavy (non-hydrogen) atoms. The zero-order valence-corrected chi connectivity index (χ0v) is 9.41. The average molecular weight is 252 g/mol. The second-order valence-electron chi connectivity index (χ2n) is 3.59. The van der Waals surface area contributed by atoms with Gasteiger partial charge in [0.05, 0.1) is 5.56 Å². The summed E-state index contributed by atoms with van der Waals surface area (Å²) in [7, 11) is 0. The van der Waals surface area contributed by atoms with Crippen molar-refractivity contribution < 1.29 is 13.2 Å². The highest BCUT2D eigenvalue weighted by Crippen LogP contribution is 2.32. The highest BCUT2D eigenvalue weighted by molar-refractivity contribution is 6.30. The van der Waals surface area contributed by atoms with Crippen LogP contribution in [0.5, 0.6) is 0 Å². The molecule has 1 nitrogen and oxygen atoms in total. The van der Waals surface area contributed by atoms with Crippen molar-refractivity contribution in [3.63, 3.8) is 0 Å². The van der Waals surface area contributed by atoms with Crippen molar-refractivity contribution in [1.29, 1.82) is 0 Å². The molecule has 1 rings (SSSR count). The molecule has 1 aromatic carbocycles. The molecule has 2 N–H and O–H groups in total. The number of hydrogen-bond donors (Lipinski definition) is 1. The van der Waals surface area contributed by atoms with Crippen molar-refractivity contribution in [2.45, 2.75) is 25.4 Å². The average Bonchev–Trinajstić information content (AvgIpc) is 2.16. The fourth-order valence-corrected chi connectivity index (χ4v) is 1.69. The number of aryl methyl sites for hydroxylation is 1. The van der Waals surface area contributed by atoms with Gasteiger partial charge in [-0.3, -0.25) is 0 Å². The Kier molecular flexibility index (Phi) is 4.62. The summed E-state index contributed by atoms with van der Waals surface area (Å²) in [6.07, 6.45) is -2.20. The van der Waals surface area contributed by atoms with E-state index < -0.39 is 11.7 Å². The maximum atomic E-state index is 12.5. The van der Waals surface area contributed by atoms with Gasteiger partial charge in [-0.25, -0.2) is 0 Å². The van der Waals surface area contributed by atoms with Crippen LogP contribution in [0.25, 0.3) is 0 Å². The van der Waals surface area contributed by atoms with Crippen molar-refractivity contribution in [3.05, 3.63) is 34.3 Å². The van der Waals surface area contributed by atoms with Gasteiger partial charge in [-0.2, -0.15) is 13.2 Å². The molecule has 0 heterocycles. The van der Waals surface area contributed by atoms with Gasteiger partial charge in [-0.15, -0.1) is 0 Å². The maximum Gasteiger partial charge on any atom is 0.416 e. The Hall–Kier alpha value is -0.740. The summed E-state index contributed by atoms with van der Waals surface area (Å²) < 4.78 is 37.4. The van der Waals surface area contributed by atoms with Crippen LogP contribution >= 0.6 is 11.6 Å².